The number of likely N-dealkylation sites (N-methyl/N-ethyl adjacent to an activating group) is 1. The number of piperazine rings is 1. The van der Waals surface area contributed by atoms with Gasteiger partial charge in [0.25, 0.3) is 0 Å². The zero-order valence-corrected chi connectivity index (χ0v) is 16.2. The molecule has 2 rings (SSSR count). The Morgan fingerprint density at radius 1 is 1.08 bits per heavy atom. The molecule has 6 heteroatoms. The molecule has 0 bridgehead atoms. The molecule has 1 saturated heterocycles. The van der Waals surface area contributed by atoms with Crippen molar-refractivity contribution in [3.63, 3.8) is 0 Å². The van der Waals surface area contributed by atoms with Gasteiger partial charge < -0.3 is 20.4 Å². The van der Waals surface area contributed by atoms with Gasteiger partial charge in [0.1, 0.15) is 6.04 Å². The largest absolute Gasteiger partial charge is 0.338 e. The van der Waals surface area contributed by atoms with Crippen LogP contribution in [0.15, 0.2) is 30.3 Å². The molecule has 2 N–H and O–H groups in total. The van der Waals surface area contributed by atoms with Crippen molar-refractivity contribution in [1.29, 1.82) is 0 Å². The number of amides is 3. The first kappa shape index (κ1) is 20.2. The quantitative estimate of drug-likeness (QED) is 0.782. The predicted octanol–water partition coefficient (Wildman–Crippen LogP) is 2.06. The number of nitrogens with one attached hydrogen (secondary N) is 2. The maximum atomic E-state index is 13.0. The van der Waals surface area contributed by atoms with Gasteiger partial charge in [0.05, 0.1) is 0 Å². The van der Waals surface area contributed by atoms with Crippen molar-refractivity contribution in [3.8, 4) is 0 Å². The maximum Gasteiger partial charge on any atom is 0.315 e. The molecule has 6 nitrogen and oxygen atoms in total. The monoisotopic (exact) mass is 360 g/mol. The highest BCUT2D eigenvalue weighted by molar-refractivity contribution is 5.87. The van der Waals surface area contributed by atoms with Crippen molar-refractivity contribution in [2.45, 2.75) is 39.8 Å². The molecule has 0 aliphatic carbocycles. The van der Waals surface area contributed by atoms with Crippen LogP contribution in [-0.2, 0) is 11.3 Å². The van der Waals surface area contributed by atoms with Gasteiger partial charge in [0.2, 0.25) is 5.91 Å². The molecule has 26 heavy (non-hydrogen) atoms. The van der Waals surface area contributed by atoms with Gasteiger partial charge in [-0.15, -0.1) is 0 Å². The molecule has 1 heterocycles. The Morgan fingerprint density at radius 3 is 2.31 bits per heavy atom. The van der Waals surface area contributed by atoms with E-state index in [4.69, 9.17) is 0 Å². The van der Waals surface area contributed by atoms with E-state index in [1.807, 2.05) is 49.1 Å². The van der Waals surface area contributed by atoms with Crippen molar-refractivity contribution < 1.29 is 9.59 Å². The van der Waals surface area contributed by atoms with Crippen LogP contribution in [0.25, 0.3) is 0 Å². The summed E-state index contributed by atoms with van der Waals surface area (Å²) in [6, 6.07) is 8.98. The van der Waals surface area contributed by atoms with Gasteiger partial charge in [-0.2, -0.15) is 0 Å². The summed E-state index contributed by atoms with van der Waals surface area (Å²) in [5, 5.41) is 5.76. The number of nitrogens with zero attached hydrogens (tertiary/aromatic N) is 2. The standard InChI is InChI=1S/C20H32N4O2/c1-4-16(3)18(19(25)24-13-11-23(5-2)12-14-24)22-20(26)21-15-17-9-7-6-8-10-17/h6-10,16,18H,4-5,11-15H2,1-3H3,(H2,21,22,26). The van der Waals surface area contributed by atoms with Crippen LogP contribution in [0.2, 0.25) is 0 Å². The van der Waals surface area contributed by atoms with Crippen LogP contribution in [0.1, 0.15) is 32.8 Å². The Kier molecular flexibility index (Phi) is 7.91. The lowest BCUT2D eigenvalue weighted by Crippen LogP contribution is -2.57. The second-order valence-electron chi connectivity index (χ2n) is 6.94. The average Bonchev–Trinajstić information content (AvgIpc) is 2.70. The highest BCUT2D eigenvalue weighted by Gasteiger charge is 2.31. The third-order valence-electron chi connectivity index (χ3n) is 5.19. The molecule has 1 aliphatic heterocycles. The van der Waals surface area contributed by atoms with Crippen molar-refractivity contribution in [1.82, 2.24) is 20.4 Å². The Bertz CT molecular complexity index is 570. The van der Waals surface area contributed by atoms with Gasteiger partial charge in [-0.25, -0.2) is 4.79 Å². The van der Waals surface area contributed by atoms with Gasteiger partial charge in [-0.05, 0) is 18.0 Å². The SMILES string of the molecule is CCC(C)C(NC(=O)NCc1ccccc1)C(=O)N1CCN(CC)CC1. The molecule has 0 aromatic heterocycles. The molecule has 1 fully saturated rings. The fraction of sp³-hybridized carbons (Fsp3) is 0.600. The molecule has 0 saturated carbocycles. The fourth-order valence-electron chi connectivity index (χ4n) is 3.13. The normalized spacial score (nSPS) is 17.4. The van der Waals surface area contributed by atoms with Crippen molar-refractivity contribution >= 4 is 11.9 Å². The lowest BCUT2D eigenvalue weighted by atomic mass is 9.97. The van der Waals surface area contributed by atoms with Crippen LogP contribution in [0.3, 0.4) is 0 Å². The number of carbonyl (C=O) groups is 2. The van der Waals surface area contributed by atoms with Gasteiger partial charge in [-0.1, -0.05) is 57.5 Å². The van der Waals surface area contributed by atoms with E-state index in [9.17, 15) is 9.59 Å². The lowest BCUT2D eigenvalue weighted by Gasteiger charge is -2.37. The van der Waals surface area contributed by atoms with E-state index in [1.54, 1.807) is 0 Å². The zero-order valence-electron chi connectivity index (χ0n) is 16.2. The van der Waals surface area contributed by atoms with E-state index in [2.05, 4.69) is 22.5 Å². The smallest absolute Gasteiger partial charge is 0.315 e. The molecular weight excluding hydrogens is 328 g/mol. The minimum atomic E-state index is -0.482. The summed E-state index contributed by atoms with van der Waals surface area (Å²) >= 11 is 0. The molecule has 0 spiro atoms. The molecule has 1 aromatic carbocycles. The van der Waals surface area contributed by atoms with Crippen LogP contribution in [0.4, 0.5) is 4.79 Å². The Labute approximate surface area is 156 Å². The summed E-state index contributed by atoms with van der Waals surface area (Å²) in [6.07, 6.45) is 0.838. The molecule has 1 aliphatic rings. The molecule has 0 radical (unpaired) electrons. The first-order valence-corrected chi connectivity index (χ1v) is 9.64. The van der Waals surface area contributed by atoms with E-state index in [0.29, 0.717) is 6.54 Å². The molecule has 2 atom stereocenters. The van der Waals surface area contributed by atoms with Crippen LogP contribution < -0.4 is 10.6 Å². The predicted molar refractivity (Wildman–Crippen MR) is 104 cm³/mol. The first-order chi connectivity index (χ1) is 12.5. The molecule has 144 valence electrons. The van der Waals surface area contributed by atoms with Crippen molar-refractivity contribution in [2.24, 2.45) is 5.92 Å². The van der Waals surface area contributed by atoms with Crippen molar-refractivity contribution in [2.75, 3.05) is 32.7 Å². The van der Waals surface area contributed by atoms with Crippen LogP contribution in [0, 0.1) is 5.92 Å². The molecule has 3 amide bonds. The van der Waals surface area contributed by atoms with E-state index in [-0.39, 0.29) is 17.9 Å². The summed E-state index contributed by atoms with van der Waals surface area (Å²) in [5.74, 6) is 0.124. The van der Waals surface area contributed by atoms with Gasteiger partial charge in [0.15, 0.2) is 0 Å². The molecule has 1 aromatic rings. The van der Waals surface area contributed by atoms with Crippen LogP contribution >= 0.6 is 0 Å². The number of carbonyl (C=O) groups excluding carboxylic acids is 2. The number of urea groups is 1. The summed E-state index contributed by atoms with van der Waals surface area (Å²) in [7, 11) is 0. The fourth-order valence-corrected chi connectivity index (χ4v) is 3.13. The number of benzene rings is 1. The number of rotatable bonds is 7. The van der Waals surface area contributed by atoms with E-state index >= 15 is 0 Å². The Balaban J connectivity index is 1.91. The highest BCUT2D eigenvalue weighted by atomic mass is 16.2. The van der Waals surface area contributed by atoms with E-state index < -0.39 is 6.04 Å². The second-order valence-corrected chi connectivity index (χ2v) is 6.94. The summed E-state index contributed by atoms with van der Waals surface area (Å²) in [4.78, 5) is 29.5. The Hall–Kier alpha value is -2.08. The van der Waals surface area contributed by atoms with Crippen LogP contribution in [0.5, 0.6) is 0 Å². The maximum absolute atomic E-state index is 13.0. The minimum Gasteiger partial charge on any atom is -0.338 e. The Morgan fingerprint density at radius 2 is 1.73 bits per heavy atom. The highest BCUT2D eigenvalue weighted by Crippen LogP contribution is 2.13. The molecular formula is C20H32N4O2. The topological polar surface area (TPSA) is 64.7 Å². The van der Waals surface area contributed by atoms with Crippen LogP contribution in [-0.4, -0.2) is 60.5 Å². The lowest BCUT2D eigenvalue weighted by molar-refractivity contribution is -0.136. The summed E-state index contributed by atoms with van der Waals surface area (Å²) in [6.45, 7) is 10.9. The van der Waals surface area contributed by atoms with Crippen molar-refractivity contribution in [3.05, 3.63) is 35.9 Å². The van der Waals surface area contributed by atoms with E-state index in [1.165, 1.54) is 0 Å². The average molecular weight is 361 g/mol. The van der Waals surface area contributed by atoms with Gasteiger partial charge >= 0.3 is 6.03 Å². The molecule has 2 unspecified atom stereocenters. The van der Waals surface area contributed by atoms with Gasteiger partial charge in [-0.3, -0.25) is 4.79 Å². The first-order valence-electron chi connectivity index (χ1n) is 9.64. The summed E-state index contributed by atoms with van der Waals surface area (Å²) < 4.78 is 0. The third-order valence-corrected chi connectivity index (χ3v) is 5.19. The van der Waals surface area contributed by atoms with Gasteiger partial charge in [0, 0.05) is 32.7 Å². The number of hydrogen-bond donors (Lipinski definition) is 2. The summed E-state index contributed by atoms with van der Waals surface area (Å²) in [5.41, 5.74) is 1.03. The number of hydrogen-bond acceptors (Lipinski definition) is 3. The third kappa shape index (κ3) is 5.73. The second kappa shape index (κ2) is 10.2. The zero-order chi connectivity index (χ0) is 18.9. The minimum absolute atomic E-state index is 0.0324. The van der Waals surface area contributed by atoms with E-state index in [0.717, 1.165) is 44.7 Å².